The molecule has 0 bridgehead atoms. The van der Waals surface area contributed by atoms with Gasteiger partial charge in [-0.3, -0.25) is 4.79 Å². The third-order valence-electron chi connectivity index (χ3n) is 3.75. The van der Waals surface area contributed by atoms with Crippen LogP contribution < -0.4 is 4.74 Å². The molecule has 176 valence electrons. The fraction of sp³-hybridized carbons (Fsp3) is 0.538. The van der Waals surface area contributed by atoms with Gasteiger partial charge < -0.3 is 19.4 Å². The fourth-order valence-electron chi connectivity index (χ4n) is 2.17. The van der Waals surface area contributed by atoms with Gasteiger partial charge in [0.1, 0.15) is 18.1 Å². The van der Waals surface area contributed by atoms with Gasteiger partial charge in [-0.15, -0.1) is 0 Å². The molecule has 0 heterocycles. The number of hydrogen-bond donors (Lipinski definition) is 1. The van der Waals surface area contributed by atoms with Crippen LogP contribution in [0.5, 0.6) is 5.75 Å². The number of ether oxygens (including phenoxy) is 2. The van der Waals surface area contributed by atoms with Gasteiger partial charge in [0.25, 0.3) is 0 Å². The molecular weight excluding hydrogens is 392 g/mol. The van der Waals surface area contributed by atoms with Crippen LogP contribution in [0, 0.1) is 12.8 Å². The Kier molecular flexibility index (Phi) is 20.7. The van der Waals surface area contributed by atoms with Crippen LogP contribution in [-0.4, -0.2) is 36.7 Å². The number of aldehydes is 1. The molecule has 31 heavy (non-hydrogen) atoms. The molecule has 0 spiro atoms. The minimum Gasteiger partial charge on any atom is -0.486 e. The van der Waals surface area contributed by atoms with Crippen molar-refractivity contribution in [1.82, 2.24) is 0 Å². The normalized spacial score (nSPS) is 15.5. The molecule has 5 heteroatoms. The Hall–Kier alpha value is -2.40. The van der Waals surface area contributed by atoms with E-state index in [0.29, 0.717) is 6.61 Å². The molecule has 1 N–H and O–H groups in total. The smallest absolute Gasteiger partial charge is 0.308 e. The van der Waals surface area contributed by atoms with E-state index in [1.54, 1.807) is 6.92 Å². The zero-order valence-electron chi connectivity index (χ0n) is 20.4. The van der Waals surface area contributed by atoms with Crippen LogP contribution in [0.2, 0.25) is 0 Å². The number of hydrogen-bond acceptors (Lipinski definition) is 5. The predicted molar refractivity (Wildman–Crippen MR) is 128 cm³/mol. The van der Waals surface area contributed by atoms with Crippen molar-refractivity contribution in [2.24, 2.45) is 5.92 Å². The minimum absolute atomic E-state index is 0.00694. The van der Waals surface area contributed by atoms with Crippen molar-refractivity contribution in [3.8, 4) is 5.75 Å². The largest absolute Gasteiger partial charge is 0.486 e. The molecule has 0 amide bonds. The van der Waals surface area contributed by atoms with Crippen LogP contribution in [0.15, 0.2) is 48.1 Å². The summed E-state index contributed by atoms with van der Waals surface area (Å²) in [6.07, 6.45) is 10.4. The highest BCUT2D eigenvalue weighted by Gasteiger charge is 2.30. The molecule has 1 unspecified atom stereocenters. The molecule has 1 aromatic carbocycles. The first kappa shape index (κ1) is 30.8. The van der Waals surface area contributed by atoms with Crippen molar-refractivity contribution in [2.45, 2.75) is 73.8 Å². The summed E-state index contributed by atoms with van der Waals surface area (Å²) in [4.78, 5) is 19.4. The van der Waals surface area contributed by atoms with Gasteiger partial charge in [0.05, 0.1) is 12.5 Å². The van der Waals surface area contributed by atoms with Crippen LogP contribution in [-0.2, 0) is 14.3 Å². The SMILES string of the molecule is CC.CC1=CCC(Oc2ccc(C)cc2)C=C1.CC=O.CCO.CCOC(=O)C1CC1. The molecule has 0 aliphatic heterocycles. The van der Waals surface area contributed by atoms with Crippen LogP contribution in [0.1, 0.15) is 66.4 Å². The number of carbonyl (C=O) groups excluding carboxylic acids is 2. The molecular formula is C26H42O5. The van der Waals surface area contributed by atoms with Crippen LogP contribution in [0.4, 0.5) is 0 Å². The standard InChI is InChI=1S/C14H16O.C6H10O2.C2H6O.C2H4O.C2H6/c1-11-3-7-13(8-4-11)15-14-9-5-12(2)6-10-14;1-2-8-6(7)5-3-4-5;2*1-2-3;1-2/h3-9,14H,10H2,1-2H3;5H,2-4H2,1H3;3H,2H2,1H3;2H,1H3;1-2H3. The van der Waals surface area contributed by atoms with Gasteiger partial charge >= 0.3 is 5.97 Å². The Morgan fingerprint density at radius 2 is 1.65 bits per heavy atom. The summed E-state index contributed by atoms with van der Waals surface area (Å²) in [5.74, 6) is 1.20. The maximum absolute atomic E-state index is 10.6. The molecule has 1 saturated carbocycles. The molecule has 1 atom stereocenters. The summed E-state index contributed by atoms with van der Waals surface area (Å²) in [6.45, 7) is 13.9. The van der Waals surface area contributed by atoms with Crippen LogP contribution >= 0.6 is 0 Å². The lowest BCUT2D eigenvalue weighted by Gasteiger charge is -2.17. The molecule has 3 rings (SSSR count). The van der Waals surface area contributed by atoms with E-state index in [1.165, 1.54) is 18.1 Å². The maximum atomic E-state index is 10.6. The number of aliphatic hydroxyl groups excluding tert-OH is 1. The Morgan fingerprint density at radius 3 is 2.03 bits per heavy atom. The summed E-state index contributed by atoms with van der Waals surface area (Å²) in [5.41, 5.74) is 2.58. The Balaban J connectivity index is 0. The van der Waals surface area contributed by atoms with Gasteiger partial charge in [-0.1, -0.05) is 49.3 Å². The summed E-state index contributed by atoms with van der Waals surface area (Å²) < 4.78 is 10.6. The predicted octanol–water partition coefficient (Wildman–Crippen LogP) is 5.84. The molecule has 1 fully saturated rings. The number of benzene rings is 1. The van der Waals surface area contributed by atoms with Crippen molar-refractivity contribution in [1.29, 1.82) is 0 Å². The lowest BCUT2D eigenvalue weighted by Crippen LogP contribution is -2.14. The number of aryl methyl sites for hydroxylation is 1. The fourth-order valence-corrected chi connectivity index (χ4v) is 2.17. The van der Waals surface area contributed by atoms with Gasteiger partial charge in [0.15, 0.2) is 0 Å². The summed E-state index contributed by atoms with van der Waals surface area (Å²) in [5, 5.41) is 7.57. The van der Waals surface area contributed by atoms with E-state index >= 15 is 0 Å². The second-order valence-corrected chi connectivity index (χ2v) is 6.59. The van der Waals surface area contributed by atoms with Crippen LogP contribution in [0.25, 0.3) is 0 Å². The van der Waals surface area contributed by atoms with E-state index in [1.807, 2.05) is 32.9 Å². The number of esters is 1. The van der Waals surface area contributed by atoms with E-state index in [4.69, 9.17) is 19.4 Å². The quantitative estimate of drug-likeness (QED) is 0.476. The first-order chi connectivity index (χ1) is 14.9. The molecule has 0 aromatic heterocycles. The van der Waals surface area contributed by atoms with E-state index in [9.17, 15) is 4.79 Å². The van der Waals surface area contributed by atoms with Crippen LogP contribution in [0.3, 0.4) is 0 Å². The zero-order chi connectivity index (χ0) is 24.1. The number of allylic oxidation sites excluding steroid dienone is 2. The van der Waals surface area contributed by atoms with Gasteiger partial charge in [0, 0.05) is 13.0 Å². The van der Waals surface area contributed by atoms with Crippen molar-refractivity contribution >= 4 is 12.3 Å². The average molecular weight is 435 g/mol. The maximum Gasteiger partial charge on any atom is 0.308 e. The first-order valence-electron chi connectivity index (χ1n) is 11.2. The van der Waals surface area contributed by atoms with Crippen molar-refractivity contribution in [3.63, 3.8) is 0 Å². The second kappa shape index (κ2) is 20.9. The van der Waals surface area contributed by atoms with E-state index in [0.717, 1.165) is 31.3 Å². The molecule has 2 aliphatic carbocycles. The van der Waals surface area contributed by atoms with Gasteiger partial charge in [-0.05, 0) is 65.7 Å². The molecule has 5 nitrogen and oxygen atoms in total. The first-order valence-corrected chi connectivity index (χ1v) is 11.2. The highest BCUT2D eigenvalue weighted by Crippen LogP contribution is 2.29. The Labute approximate surface area is 189 Å². The number of rotatable bonds is 4. The molecule has 0 saturated heterocycles. The second-order valence-electron chi connectivity index (χ2n) is 6.59. The van der Waals surface area contributed by atoms with Crippen molar-refractivity contribution in [3.05, 3.63) is 53.6 Å². The highest BCUT2D eigenvalue weighted by atomic mass is 16.5. The van der Waals surface area contributed by atoms with Gasteiger partial charge in [-0.2, -0.15) is 0 Å². The minimum atomic E-state index is -0.00694. The summed E-state index contributed by atoms with van der Waals surface area (Å²) in [7, 11) is 0. The van der Waals surface area contributed by atoms with Gasteiger partial charge in [-0.25, -0.2) is 0 Å². The summed E-state index contributed by atoms with van der Waals surface area (Å²) >= 11 is 0. The van der Waals surface area contributed by atoms with Gasteiger partial charge in [0.2, 0.25) is 0 Å². The average Bonchev–Trinajstić information content (AvgIpc) is 3.60. The lowest BCUT2D eigenvalue weighted by molar-refractivity contribution is -0.144. The number of carbonyl (C=O) groups is 2. The third-order valence-corrected chi connectivity index (χ3v) is 3.75. The van der Waals surface area contributed by atoms with E-state index < -0.39 is 0 Å². The Bertz CT molecular complexity index is 628. The van der Waals surface area contributed by atoms with Crippen molar-refractivity contribution < 1.29 is 24.2 Å². The topological polar surface area (TPSA) is 72.8 Å². The third kappa shape index (κ3) is 18.1. The molecule has 1 aromatic rings. The van der Waals surface area contributed by atoms with E-state index in [-0.39, 0.29) is 24.6 Å². The molecule has 2 aliphatic rings. The monoisotopic (exact) mass is 434 g/mol. The lowest BCUT2D eigenvalue weighted by atomic mass is 10.1. The zero-order valence-corrected chi connectivity index (χ0v) is 20.4. The Morgan fingerprint density at radius 1 is 1.13 bits per heavy atom. The molecule has 0 radical (unpaired) electrons. The summed E-state index contributed by atoms with van der Waals surface area (Å²) in [6, 6.07) is 8.19. The number of aliphatic hydroxyl groups is 1. The van der Waals surface area contributed by atoms with E-state index in [2.05, 4.69) is 44.2 Å². The highest BCUT2D eigenvalue weighted by molar-refractivity contribution is 5.74. The van der Waals surface area contributed by atoms with Crippen molar-refractivity contribution in [2.75, 3.05) is 13.2 Å².